The predicted octanol–water partition coefficient (Wildman–Crippen LogP) is 4.67. The van der Waals surface area contributed by atoms with Gasteiger partial charge in [0.2, 0.25) is 0 Å². The van der Waals surface area contributed by atoms with Gasteiger partial charge in [-0.05, 0) is 32.0 Å². The number of hydrogen-bond acceptors (Lipinski definition) is 4. The molecule has 0 spiro atoms. The molecular weight excluding hydrogens is 351 g/mol. The number of para-hydroxylation sites is 1. The molecule has 0 unspecified atom stereocenters. The quantitative estimate of drug-likeness (QED) is 0.686. The molecule has 4 nitrogen and oxygen atoms in total. The van der Waals surface area contributed by atoms with E-state index in [9.17, 15) is 9.18 Å². The molecule has 6 heteroatoms. The van der Waals surface area contributed by atoms with Crippen LogP contribution in [0.4, 0.5) is 4.39 Å². The maximum atomic E-state index is 13.8. The predicted molar refractivity (Wildman–Crippen MR) is 101 cm³/mol. The minimum atomic E-state index is -0.299. The van der Waals surface area contributed by atoms with Gasteiger partial charge in [-0.1, -0.05) is 30.3 Å². The number of amides is 1. The van der Waals surface area contributed by atoms with Gasteiger partial charge in [-0.25, -0.2) is 9.37 Å². The molecule has 2 aromatic carbocycles. The number of rotatable bonds is 6. The van der Waals surface area contributed by atoms with Crippen LogP contribution in [0.1, 0.15) is 29.9 Å². The van der Waals surface area contributed by atoms with Gasteiger partial charge in [0, 0.05) is 17.0 Å². The van der Waals surface area contributed by atoms with Gasteiger partial charge in [0.1, 0.15) is 28.9 Å². The SMILES string of the molecule is CC(C)NC(=O)c1csc(-c2ccccc2OCc2ccccc2F)n1. The molecule has 0 bridgehead atoms. The molecule has 0 atom stereocenters. The fourth-order valence-electron chi connectivity index (χ4n) is 2.38. The topological polar surface area (TPSA) is 51.2 Å². The van der Waals surface area contributed by atoms with E-state index in [4.69, 9.17) is 4.74 Å². The number of carbonyl (C=O) groups is 1. The zero-order chi connectivity index (χ0) is 18.5. The number of nitrogens with zero attached hydrogens (tertiary/aromatic N) is 1. The highest BCUT2D eigenvalue weighted by atomic mass is 32.1. The third-order valence-corrected chi connectivity index (χ3v) is 4.49. The molecule has 0 saturated heterocycles. The van der Waals surface area contributed by atoms with Crippen molar-refractivity contribution in [3.63, 3.8) is 0 Å². The van der Waals surface area contributed by atoms with Gasteiger partial charge in [-0.15, -0.1) is 11.3 Å². The van der Waals surface area contributed by atoms with Gasteiger partial charge in [0.25, 0.3) is 5.91 Å². The van der Waals surface area contributed by atoms with Gasteiger partial charge in [0.05, 0.1) is 5.56 Å². The first-order valence-corrected chi connectivity index (χ1v) is 9.14. The van der Waals surface area contributed by atoms with Crippen LogP contribution in [0.3, 0.4) is 0 Å². The standard InChI is InChI=1S/C20H19FN2O2S/c1-13(2)22-19(24)17-12-26-20(23-17)15-8-4-6-10-18(15)25-11-14-7-3-5-9-16(14)21/h3-10,12-13H,11H2,1-2H3,(H,22,24). The normalized spacial score (nSPS) is 10.8. The van der Waals surface area contributed by atoms with Crippen LogP contribution >= 0.6 is 11.3 Å². The van der Waals surface area contributed by atoms with Crippen LogP contribution in [-0.2, 0) is 6.61 Å². The van der Waals surface area contributed by atoms with E-state index in [1.54, 1.807) is 23.6 Å². The van der Waals surface area contributed by atoms with E-state index in [1.807, 2.05) is 38.1 Å². The summed E-state index contributed by atoms with van der Waals surface area (Å²) in [6, 6.07) is 14.0. The summed E-state index contributed by atoms with van der Waals surface area (Å²) in [4.78, 5) is 16.5. The van der Waals surface area contributed by atoms with E-state index in [1.165, 1.54) is 17.4 Å². The van der Waals surface area contributed by atoms with Crippen molar-refractivity contribution in [2.45, 2.75) is 26.5 Å². The van der Waals surface area contributed by atoms with Gasteiger partial charge < -0.3 is 10.1 Å². The van der Waals surface area contributed by atoms with E-state index in [2.05, 4.69) is 10.3 Å². The van der Waals surface area contributed by atoms with E-state index >= 15 is 0 Å². The monoisotopic (exact) mass is 370 g/mol. The Morgan fingerprint density at radius 3 is 2.69 bits per heavy atom. The third kappa shape index (κ3) is 4.26. The molecule has 0 aliphatic rings. The summed E-state index contributed by atoms with van der Waals surface area (Å²) in [6.07, 6.45) is 0. The van der Waals surface area contributed by atoms with Crippen LogP contribution in [0.2, 0.25) is 0 Å². The average Bonchev–Trinajstić information content (AvgIpc) is 3.11. The smallest absolute Gasteiger partial charge is 0.270 e. The molecule has 3 aromatic rings. The highest BCUT2D eigenvalue weighted by molar-refractivity contribution is 7.13. The van der Waals surface area contributed by atoms with Crippen molar-refractivity contribution >= 4 is 17.2 Å². The molecule has 0 radical (unpaired) electrons. The Hall–Kier alpha value is -2.73. The lowest BCUT2D eigenvalue weighted by Gasteiger charge is -2.10. The molecule has 0 saturated carbocycles. The Bertz CT molecular complexity index is 908. The van der Waals surface area contributed by atoms with Crippen LogP contribution in [0.5, 0.6) is 5.75 Å². The van der Waals surface area contributed by atoms with E-state index < -0.39 is 0 Å². The van der Waals surface area contributed by atoms with Crippen LogP contribution < -0.4 is 10.1 Å². The molecule has 0 aliphatic heterocycles. The van der Waals surface area contributed by atoms with Crippen molar-refractivity contribution in [1.29, 1.82) is 0 Å². The van der Waals surface area contributed by atoms with Crippen molar-refractivity contribution in [2.75, 3.05) is 0 Å². The van der Waals surface area contributed by atoms with Crippen molar-refractivity contribution in [1.82, 2.24) is 10.3 Å². The number of benzene rings is 2. The first kappa shape index (κ1) is 18.1. The molecule has 1 amide bonds. The maximum absolute atomic E-state index is 13.8. The van der Waals surface area contributed by atoms with Gasteiger partial charge in [-0.2, -0.15) is 0 Å². The molecular formula is C20H19FN2O2S. The molecule has 1 N–H and O–H groups in total. The second kappa shape index (κ2) is 8.10. The number of hydrogen-bond donors (Lipinski definition) is 1. The lowest BCUT2D eigenvalue weighted by Crippen LogP contribution is -2.30. The molecule has 26 heavy (non-hydrogen) atoms. The number of halogens is 1. The number of ether oxygens (including phenoxy) is 1. The number of nitrogens with one attached hydrogen (secondary N) is 1. The summed E-state index contributed by atoms with van der Waals surface area (Å²) in [6.45, 7) is 3.92. The zero-order valence-electron chi connectivity index (χ0n) is 14.5. The first-order chi connectivity index (χ1) is 12.5. The van der Waals surface area contributed by atoms with E-state index in [-0.39, 0.29) is 24.4 Å². The molecule has 0 aliphatic carbocycles. The number of thiazole rings is 1. The van der Waals surface area contributed by atoms with Crippen molar-refractivity contribution < 1.29 is 13.9 Å². The van der Waals surface area contributed by atoms with Crippen molar-refractivity contribution in [3.05, 3.63) is 71.0 Å². The van der Waals surface area contributed by atoms with Crippen LogP contribution in [0, 0.1) is 5.82 Å². The van der Waals surface area contributed by atoms with Crippen LogP contribution in [0.25, 0.3) is 10.6 Å². The Balaban J connectivity index is 1.80. The van der Waals surface area contributed by atoms with Gasteiger partial charge >= 0.3 is 0 Å². The van der Waals surface area contributed by atoms with Gasteiger partial charge in [0.15, 0.2) is 0 Å². The summed E-state index contributed by atoms with van der Waals surface area (Å²) in [5.41, 5.74) is 1.64. The number of carbonyl (C=O) groups excluding carboxylic acids is 1. The van der Waals surface area contributed by atoms with Crippen LogP contribution in [-0.4, -0.2) is 16.9 Å². The first-order valence-electron chi connectivity index (χ1n) is 8.26. The highest BCUT2D eigenvalue weighted by Crippen LogP contribution is 2.32. The van der Waals surface area contributed by atoms with Crippen LogP contribution in [0.15, 0.2) is 53.9 Å². The summed E-state index contributed by atoms with van der Waals surface area (Å²) < 4.78 is 19.6. The third-order valence-electron chi connectivity index (χ3n) is 3.62. The number of aromatic nitrogens is 1. The second-order valence-corrected chi connectivity index (χ2v) is 6.90. The minimum Gasteiger partial charge on any atom is -0.488 e. The summed E-state index contributed by atoms with van der Waals surface area (Å²) in [7, 11) is 0. The Labute approximate surface area is 155 Å². The fraction of sp³-hybridized carbons (Fsp3) is 0.200. The summed E-state index contributed by atoms with van der Waals surface area (Å²) in [5, 5.41) is 5.23. The molecule has 0 fully saturated rings. The molecule has 134 valence electrons. The largest absolute Gasteiger partial charge is 0.488 e. The highest BCUT2D eigenvalue weighted by Gasteiger charge is 2.15. The van der Waals surface area contributed by atoms with Crippen molar-refractivity contribution in [3.8, 4) is 16.3 Å². The summed E-state index contributed by atoms with van der Waals surface area (Å²) >= 11 is 1.37. The van der Waals surface area contributed by atoms with Crippen molar-refractivity contribution in [2.24, 2.45) is 0 Å². The minimum absolute atomic E-state index is 0.0454. The lowest BCUT2D eigenvalue weighted by atomic mass is 10.2. The zero-order valence-corrected chi connectivity index (χ0v) is 15.3. The molecule has 1 heterocycles. The van der Waals surface area contributed by atoms with E-state index in [0.717, 1.165) is 5.56 Å². The Morgan fingerprint density at radius 1 is 1.19 bits per heavy atom. The van der Waals surface area contributed by atoms with Gasteiger partial charge in [-0.3, -0.25) is 4.79 Å². The molecule has 3 rings (SSSR count). The average molecular weight is 370 g/mol. The van der Waals surface area contributed by atoms with E-state index in [0.29, 0.717) is 22.0 Å². The fourth-order valence-corrected chi connectivity index (χ4v) is 3.21. The Kier molecular flexibility index (Phi) is 5.63. The summed E-state index contributed by atoms with van der Waals surface area (Å²) in [5.74, 6) is 0.0973. The Morgan fingerprint density at radius 2 is 1.92 bits per heavy atom. The second-order valence-electron chi connectivity index (χ2n) is 6.04. The lowest BCUT2D eigenvalue weighted by molar-refractivity contribution is 0.0939. The maximum Gasteiger partial charge on any atom is 0.270 e. The molecule has 1 aromatic heterocycles.